The molecule has 1 aromatic heterocycles. The number of aromatic amines is 1. The summed E-state index contributed by atoms with van der Waals surface area (Å²) in [7, 11) is 0. The highest BCUT2D eigenvalue weighted by Crippen LogP contribution is 2.45. The van der Waals surface area contributed by atoms with Gasteiger partial charge in [-0.2, -0.15) is 18.3 Å². The number of amides is 2. The highest BCUT2D eigenvalue weighted by molar-refractivity contribution is 6.02. The molecule has 2 aromatic carbocycles. The second-order valence-electron chi connectivity index (χ2n) is 8.07. The van der Waals surface area contributed by atoms with E-state index >= 15 is 0 Å². The van der Waals surface area contributed by atoms with Crippen LogP contribution in [-0.2, 0) is 6.18 Å². The molecule has 5 nitrogen and oxygen atoms in total. The first kappa shape index (κ1) is 21.0. The summed E-state index contributed by atoms with van der Waals surface area (Å²) in [6.07, 6.45) is -2.46. The van der Waals surface area contributed by atoms with Crippen molar-refractivity contribution in [3.63, 3.8) is 0 Å². The third kappa shape index (κ3) is 4.73. The van der Waals surface area contributed by atoms with Gasteiger partial charge in [-0.3, -0.25) is 5.10 Å². The SMILES string of the molecule is CC(C)c1ccc(NC(=O)Nc2c(-c3ccc(C(F)(F)F)cc3)n[nH]c2C2CC2)cc1. The lowest BCUT2D eigenvalue weighted by atomic mass is 10.0. The van der Waals surface area contributed by atoms with Crippen molar-refractivity contribution in [2.24, 2.45) is 0 Å². The number of hydrogen-bond donors (Lipinski definition) is 3. The van der Waals surface area contributed by atoms with E-state index in [9.17, 15) is 18.0 Å². The molecule has 1 saturated carbocycles. The fourth-order valence-electron chi connectivity index (χ4n) is 3.40. The summed E-state index contributed by atoms with van der Waals surface area (Å²) in [6, 6.07) is 11.9. The van der Waals surface area contributed by atoms with Gasteiger partial charge in [0.05, 0.1) is 16.9 Å². The van der Waals surface area contributed by atoms with Crippen molar-refractivity contribution < 1.29 is 18.0 Å². The van der Waals surface area contributed by atoms with Gasteiger partial charge in [-0.1, -0.05) is 38.1 Å². The maximum atomic E-state index is 12.9. The Morgan fingerprint density at radius 3 is 2.23 bits per heavy atom. The van der Waals surface area contributed by atoms with Crippen molar-refractivity contribution in [1.29, 1.82) is 0 Å². The van der Waals surface area contributed by atoms with Crippen LogP contribution >= 0.6 is 0 Å². The second-order valence-corrected chi connectivity index (χ2v) is 8.07. The highest BCUT2D eigenvalue weighted by atomic mass is 19.4. The number of carbonyl (C=O) groups excluding carboxylic acids is 1. The van der Waals surface area contributed by atoms with Crippen LogP contribution in [0.5, 0.6) is 0 Å². The maximum absolute atomic E-state index is 12.9. The predicted octanol–water partition coefficient (Wildman–Crippen LogP) is 6.74. The van der Waals surface area contributed by atoms with Gasteiger partial charge in [0.15, 0.2) is 0 Å². The molecule has 8 heteroatoms. The van der Waals surface area contributed by atoms with E-state index in [1.165, 1.54) is 17.7 Å². The van der Waals surface area contributed by atoms with Crippen LogP contribution in [-0.4, -0.2) is 16.2 Å². The van der Waals surface area contributed by atoms with Gasteiger partial charge in [-0.15, -0.1) is 0 Å². The number of anilines is 2. The summed E-state index contributed by atoms with van der Waals surface area (Å²) in [4.78, 5) is 12.7. The zero-order valence-electron chi connectivity index (χ0n) is 17.2. The molecule has 3 N–H and O–H groups in total. The van der Waals surface area contributed by atoms with Crippen LogP contribution in [0.1, 0.15) is 55.3 Å². The van der Waals surface area contributed by atoms with Crippen LogP contribution in [0.25, 0.3) is 11.3 Å². The molecule has 162 valence electrons. The zero-order chi connectivity index (χ0) is 22.2. The third-order valence-electron chi connectivity index (χ3n) is 5.34. The maximum Gasteiger partial charge on any atom is 0.416 e. The molecule has 3 aromatic rings. The fraction of sp³-hybridized carbons (Fsp3) is 0.304. The molecule has 0 atom stereocenters. The van der Waals surface area contributed by atoms with E-state index in [1.54, 1.807) is 0 Å². The van der Waals surface area contributed by atoms with E-state index < -0.39 is 17.8 Å². The van der Waals surface area contributed by atoms with Crippen molar-refractivity contribution in [3.05, 3.63) is 65.4 Å². The Labute approximate surface area is 178 Å². The molecular formula is C23H23F3N4O. The number of nitrogens with one attached hydrogen (secondary N) is 3. The molecule has 1 heterocycles. The first-order valence-corrected chi connectivity index (χ1v) is 10.2. The number of carbonyl (C=O) groups is 1. The largest absolute Gasteiger partial charge is 0.416 e. The minimum absolute atomic E-state index is 0.260. The molecule has 0 bridgehead atoms. The lowest BCUT2D eigenvalue weighted by Crippen LogP contribution is -2.20. The zero-order valence-corrected chi connectivity index (χ0v) is 17.2. The summed E-state index contributed by atoms with van der Waals surface area (Å²) in [6.45, 7) is 4.19. The quantitative estimate of drug-likeness (QED) is 0.421. The normalized spacial score (nSPS) is 14.0. The van der Waals surface area contributed by atoms with Gasteiger partial charge >= 0.3 is 12.2 Å². The van der Waals surface area contributed by atoms with Crippen LogP contribution in [0.2, 0.25) is 0 Å². The van der Waals surface area contributed by atoms with Gasteiger partial charge < -0.3 is 10.6 Å². The number of benzene rings is 2. The van der Waals surface area contributed by atoms with Crippen molar-refractivity contribution in [3.8, 4) is 11.3 Å². The second kappa shape index (κ2) is 8.09. The molecule has 31 heavy (non-hydrogen) atoms. The van der Waals surface area contributed by atoms with E-state index in [0.29, 0.717) is 28.6 Å². The molecule has 1 fully saturated rings. The predicted molar refractivity (Wildman–Crippen MR) is 114 cm³/mol. The average Bonchev–Trinajstić information content (AvgIpc) is 3.48. The summed E-state index contributed by atoms with van der Waals surface area (Å²) < 4.78 is 38.6. The van der Waals surface area contributed by atoms with Gasteiger partial charge in [0, 0.05) is 17.2 Å². The number of urea groups is 1. The Balaban J connectivity index is 1.56. The van der Waals surface area contributed by atoms with Gasteiger partial charge in [0.2, 0.25) is 0 Å². The average molecular weight is 428 g/mol. The van der Waals surface area contributed by atoms with Crippen molar-refractivity contribution in [1.82, 2.24) is 10.2 Å². The summed E-state index contributed by atoms with van der Waals surface area (Å²) in [5.74, 6) is 0.650. The standard InChI is InChI=1S/C23H23F3N4O/c1-13(2)14-7-11-18(12-8-14)27-22(31)28-21-19(15-3-4-15)29-30-20(21)16-5-9-17(10-6-16)23(24,25)26/h5-13,15H,3-4H2,1-2H3,(H,29,30)(H2,27,28,31). The van der Waals surface area contributed by atoms with Gasteiger partial charge in [-0.25, -0.2) is 4.79 Å². The Hall–Kier alpha value is -3.29. The van der Waals surface area contributed by atoms with E-state index in [0.717, 1.165) is 30.7 Å². The first-order chi connectivity index (χ1) is 14.7. The Bertz CT molecular complexity index is 1070. The number of aromatic nitrogens is 2. The van der Waals surface area contributed by atoms with E-state index in [4.69, 9.17) is 0 Å². The molecule has 0 spiro atoms. The van der Waals surface area contributed by atoms with Crippen LogP contribution < -0.4 is 10.6 Å². The Kier molecular flexibility index (Phi) is 5.47. The molecular weight excluding hydrogens is 405 g/mol. The molecule has 0 aliphatic heterocycles. The fourth-order valence-corrected chi connectivity index (χ4v) is 3.40. The van der Waals surface area contributed by atoms with Crippen LogP contribution in [0.3, 0.4) is 0 Å². The summed E-state index contributed by atoms with van der Waals surface area (Å²) in [5.41, 5.74) is 3.29. The molecule has 1 aliphatic rings. The highest BCUT2D eigenvalue weighted by Gasteiger charge is 2.32. The molecule has 0 radical (unpaired) electrons. The van der Waals surface area contributed by atoms with E-state index in [2.05, 4.69) is 34.7 Å². The minimum Gasteiger partial charge on any atom is -0.308 e. The Morgan fingerprint density at radius 1 is 1.03 bits per heavy atom. The van der Waals surface area contributed by atoms with Crippen molar-refractivity contribution in [2.45, 2.75) is 44.7 Å². The molecule has 0 unspecified atom stereocenters. The molecule has 2 amide bonds. The monoisotopic (exact) mass is 428 g/mol. The number of halogens is 3. The molecule has 1 aliphatic carbocycles. The van der Waals surface area contributed by atoms with Crippen molar-refractivity contribution in [2.75, 3.05) is 10.6 Å². The topological polar surface area (TPSA) is 69.8 Å². The lowest BCUT2D eigenvalue weighted by molar-refractivity contribution is -0.137. The summed E-state index contributed by atoms with van der Waals surface area (Å²) >= 11 is 0. The van der Waals surface area contributed by atoms with Gasteiger partial charge in [0.1, 0.15) is 5.69 Å². The Morgan fingerprint density at radius 2 is 1.68 bits per heavy atom. The summed E-state index contributed by atoms with van der Waals surface area (Å²) in [5, 5.41) is 12.9. The number of alkyl halides is 3. The molecule has 4 rings (SSSR count). The number of nitrogens with zero attached hydrogens (tertiary/aromatic N) is 1. The van der Waals surface area contributed by atoms with Crippen LogP contribution in [0, 0.1) is 0 Å². The lowest BCUT2D eigenvalue weighted by Gasteiger charge is -2.12. The number of rotatable bonds is 5. The van der Waals surface area contributed by atoms with E-state index in [1.807, 2.05) is 24.3 Å². The smallest absolute Gasteiger partial charge is 0.308 e. The van der Waals surface area contributed by atoms with Crippen LogP contribution in [0.4, 0.5) is 29.3 Å². The third-order valence-corrected chi connectivity index (χ3v) is 5.34. The van der Waals surface area contributed by atoms with Crippen LogP contribution in [0.15, 0.2) is 48.5 Å². The van der Waals surface area contributed by atoms with Gasteiger partial charge in [0.25, 0.3) is 0 Å². The number of H-pyrrole nitrogens is 1. The van der Waals surface area contributed by atoms with E-state index in [-0.39, 0.29) is 5.92 Å². The minimum atomic E-state index is -4.41. The first-order valence-electron chi connectivity index (χ1n) is 10.2. The molecule has 0 saturated heterocycles. The number of hydrogen-bond acceptors (Lipinski definition) is 2. The van der Waals surface area contributed by atoms with Crippen molar-refractivity contribution >= 4 is 17.4 Å². The van der Waals surface area contributed by atoms with Gasteiger partial charge in [-0.05, 0) is 48.6 Å².